The van der Waals surface area contributed by atoms with Gasteiger partial charge in [-0.05, 0) is 37.6 Å². The summed E-state index contributed by atoms with van der Waals surface area (Å²) in [6.07, 6.45) is 0.208. The van der Waals surface area contributed by atoms with E-state index in [9.17, 15) is 9.59 Å². The second-order valence-electron chi connectivity index (χ2n) is 7.17. The smallest absolute Gasteiger partial charge is 0.229 e. The molecule has 6 nitrogen and oxygen atoms in total. The number of hydrogen-bond acceptors (Lipinski definition) is 5. The molecule has 1 N–H and O–H groups in total. The van der Waals surface area contributed by atoms with E-state index >= 15 is 0 Å². The van der Waals surface area contributed by atoms with Gasteiger partial charge in [-0.1, -0.05) is 41.2 Å². The van der Waals surface area contributed by atoms with Crippen LogP contribution in [-0.2, 0) is 16.1 Å². The van der Waals surface area contributed by atoms with Crippen molar-refractivity contribution < 1.29 is 14.3 Å². The lowest BCUT2D eigenvalue weighted by molar-refractivity contribution is -0.126. The lowest BCUT2D eigenvalue weighted by atomic mass is 10.1. The molecule has 2 aromatic carbocycles. The molecule has 2 heterocycles. The Morgan fingerprint density at radius 3 is 2.97 bits per heavy atom. The number of rotatable bonds is 6. The van der Waals surface area contributed by atoms with Gasteiger partial charge in [-0.2, -0.15) is 0 Å². The molecule has 0 spiro atoms. The van der Waals surface area contributed by atoms with Crippen molar-refractivity contribution >= 4 is 38.5 Å². The first-order valence-electron chi connectivity index (χ1n) is 9.70. The molecule has 0 aliphatic carbocycles. The quantitative estimate of drug-likeness (QED) is 0.674. The zero-order valence-corrected chi connectivity index (χ0v) is 17.3. The van der Waals surface area contributed by atoms with E-state index in [1.807, 2.05) is 56.3 Å². The number of thiazole rings is 1. The fraction of sp³-hybridized carbons (Fsp3) is 0.318. The summed E-state index contributed by atoms with van der Waals surface area (Å²) >= 11 is 1.45. The molecule has 29 heavy (non-hydrogen) atoms. The molecular formula is C22H23N3O3S. The van der Waals surface area contributed by atoms with Crippen molar-refractivity contribution in [3.63, 3.8) is 0 Å². The van der Waals surface area contributed by atoms with Crippen LogP contribution >= 0.6 is 11.3 Å². The topological polar surface area (TPSA) is 71.5 Å². The van der Waals surface area contributed by atoms with Gasteiger partial charge >= 0.3 is 0 Å². The Bertz CT molecular complexity index is 1060. The first kappa shape index (κ1) is 19.4. The maximum absolute atomic E-state index is 12.6. The zero-order valence-electron chi connectivity index (χ0n) is 16.5. The van der Waals surface area contributed by atoms with Crippen LogP contribution in [0.3, 0.4) is 0 Å². The van der Waals surface area contributed by atoms with Crippen LogP contribution in [0.4, 0.5) is 5.13 Å². The number of aryl methyl sites for hydroxylation is 1. The summed E-state index contributed by atoms with van der Waals surface area (Å²) in [5.41, 5.74) is 3.03. The second kappa shape index (κ2) is 8.21. The van der Waals surface area contributed by atoms with Gasteiger partial charge in [0, 0.05) is 19.5 Å². The SMILES string of the molecule is CCOc1ccc2nc(N3CC(C(=O)NCc4cccc(C)c4)CC3=O)sc2c1. The number of nitrogens with one attached hydrogen (secondary N) is 1. The normalized spacial score (nSPS) is 16.4. The number of aromatic nitrogens is 1. The van der Waals surface area contributed by atoms with E-state index in [4.69, 9.17) is 4.74 Å². The van der Waals surface area contributed by atoms with Crippen LogP contribution < -0.4 is 15.0 Å². The number of amides is 2. The summed E-state index contributed by atoms with van der Waals surface area (Å²) in [6.45, 7) is 5.38. The first-order chi connectivity index (χ1) is 14.0. The number of carbonyl (C=O) groups excluding carboxylic acids is 2. The van der Waals surface area contributed by atoms with E-state index in [-0.39, 0.29) is 24.2 Å². The van der Waals surface area contributed by atoms with Crippen molar-refractivity contribution in [3.8, 4) is 5.75 Å². The third kappa shape index (κ3) is 4.24. The maximum atomic E-state index is 12.6. The van der Waals surface area contributed by atoms with Gasteiger partial charge in [0.15, 0.2) is 5.13 Å². The summed E-state index contributed by atoms with van der Waals surface area (Å²) in [5, 5.41) is 3.59. The van der Waals surface area contributed by atoms with Crippen LogP contribution in [0.15, 0.2) is 42.5 Å². The van der Waals surface area contributed by atoms with Gasteiger partial charge in [0.1, 0.15) is 5.75 Å². The Hall–Kier alpha value is -2.93. The molecule has 1 aliphatic rings. The minimum atomic E-state index is -0.363. The molecule has 4 rings (SSSR count). The number of benzene rings is 2. The largest absolute Gasteiger partial charge is 0.494 e. The molecule has 2 amide bonds. The minimum absolute atomic E-state index is 0.0650. The van der Waals surface area contributed by atoms with Gasteiger partial charge < -0.3 is 10.1 Å². The van der Waals surface area contributed by atoms with Crippen LogP contribution in [0.5, 0.6) is 5.75 Å². The number of nitrogens with zero attached hydrogens (tertiary/aromatic N) is 2. The molecule has 1 unspecified atom stereocenters. The molecule has 3 aromatic rings. The van der Waals surface area contributed by atoms with Crippen molar-refractivity contribution in [2.45, 2.75) is 26.8 Å². The highest BCUT2D eigenvalue weighted by Crippen LogP contribution is 2.34. The molecule has 7 heteroatoms. The number of fused-ring (bicyclic) bond motifs is 1. The molecule has 1 saturated heterocycles. The van der Waals surface area contributed by atoms with Crippen molar-refractivity contribution in [3.05, 3.63) is 53.6 Å². The summed E-state index contributed by atoms with van der Waals surface area (Å²) in [7, 11) is 0. The van der Waals surface area contributed by atoms with Gasteiger partial charge in [-0.15, -0.1) is 0 Å². The van der Waals surface area contributed by atoms with Crippen LogP contribution in [0.25, 0.3) is 10.2 Å². The summed E-state index contributed by atoms with van der Waals surface area (Å²) in [4.78, 5) is 31.3. The number of ether oxygens (including phenoxy) is 1. The van der Waals surface area contributed by atoms with Crippen LogP contribution in [0.1, 0.15) is 24.5 Å². The van der Waals surface area contributed by atoms with Crippen LogP contribution in [0, 0.1) is 12.8 Å². The van der Waals surface area contributed by atoms with Gasteiger partial charge in [0.25, 0.3) is 0 Å². The predicted molar refractivity (Wildman–Crippen MR) is 114 cm³/mol. The molecule has 1 aliphatic heterocycles. The van der Waals surface area contributed by atoms with E-state index in [0.29, 0.717) is 24.8 Å². The number of carbonyl (C=O) groups is 2. The summed E-state index contributed by atoms with van der Waals surface area (Å²) in [5.74, 6) is 0.265. The fourth-order valence-electron chi connectivity index (χ4n) is 3.49. The monoisotopic (exact) mass is 409 g/mol. The lowest BCUT2D eigenvalue weighted by Gasteiger charge is -2.13. The van der Waals surface area contributed by atoms with Gasteiger partial charge in [0.2, 0.25) is 11.8 Å². The Morgan fingerprint density at radius 1 is 1.31 bits per heavy atom. The molecule has 1 aromatic heterocycles. The lowest BCUT2D eigenvalue weighted by Crippen LogP contribution is -2.32. The van der Waals surface area contributed by atoms with Crippen molar-refractivity contribution in [2.24, 2.45) is 5.92 Å². The highest BCUT2D eigenvalue weighted by molar-refractivity contribution is 7.22. The van der Waals surface area contributed by atoms with Crippen LogP contribution in [-0.4, -0.2) is 29.9 Å². The van der Waals surface area contributed by atoms with E-state index in [1.54, 1.807) is 4.90 Å². The number of anilines is 1. The second-order valence-corrected chi connectivity index (χ2v) is 8.18. The van der Waals surface area contributed by atoms with E-state index in [2.05, 4.69) is 10.3 Å². The summed E-state index contributed by atoms with van der Waals surface area (Å²) in [6, 6.07) is 13.7. The standard InChI is InChI=1S/C22H23N3O3S/c1-3-28-17-7-8-18-19(11-17)29-22(24-18)25-13-16(10-20(25)26)21(27)23-12-15-6-4-5-14(2)9-15/h4-9,11,16H,3,10,12-13H2,1-2H3,(H,23,27). The van der Waals surface area contributed by atoms with Gasteiger partial charge in [-0.3, -0.25) is 14.5 Å². The van der Waals surface area contributed by atoms with Crippen molar-refractivity contribution in [1.82, 2.24) is 10.3 Å². The average molecular weight is 410 g/mol. The minimum Gasteiger partial charge on any atom is -0.494 e. The first-order valence-corrected chi connectivity index (χ1v) is 10.5. The molecule has 1 fully saturated rings. The number of hydrogen-bond donors (Lipinski definition) is 1. The molecule has 0 saturated carbocycles. The third-order valence-corrected chi connectivity index (χ3v) is 5.98. The third-order valence-electron chi connectivity index (χ3n) is 4.94. The average Bonchev–Trinajstić information content (AvgIpc) is 3.29. The van der Waals surface area contributed by atoms with E-state index in [0.717, 1.165) is 27.1 Å². The molecule has 0 bridgehead atoms. The molecule has 0 radical (unpaired) electrons. The highest BCUT2D eigenvalue weighted by atomic mass is 32.1. The Balaban J connectivity index is 1.43. The Labute approximate surface area is 173 Å². The highest BCUT2D eigenvalue weighted by Gasteiger charge is 2.36. The molecule has 1 atom stereocenters. The zero-order chi connectivity index (χ0) is 20.4. The van der Waals surface area contributed by atoms with Crippen LogP contribution in [0.2, 0.25) is 0 Å². The molecule has 150 valence electrons. The van der Waals surface area contributed by atoms with Gasteiger partial charge in [0.05, 0.1) is 22.7 Å². The fourth-order valence-corrected chi connectivity index (χ4v) is 4.51. The van der Waals surface area contributed by atoms with Crippen molar-refractivity contribution in [2.75, 3.05) is 18.1 Å². The maximum Gasteiger partial charge on any atom is 0.229 e. The Morgan fingerprint density at radius 2 is 2.17 bits per heavy atom. The van der Waals surface area contributed by atoms with E-state index < -0.39 is 0 Å². The summed E-state index contributed by atoms with van der Waals surface area (Å²) < 4.78 is 6.50. The predicted octanol–water partition coefficient (Wildman–Crippen LogP) is 3.67. The van der Waals surface area contributed by atoms with Crippen molar-refractivity contribution in [1.29, 1.82) is 0 Å². The molecular weight excluding hydrogens is 386 g/mol. The van der Waals surface area contributed by atoms with E-state index in [1.165, 1.54) is 11.3 Å². The Kier molecular flexibility index (Phi) is 5.49. The van der Waals surface area contributed by atoms with Gasteiger partial charge in [-0.25, -0.2) is 4.98 Å².